The van der Waals surface area contributed by atoms with E-state index in [4.69, 9.17) is 22.1 Å². The van der Waals surface area contributed by atoms with Crippen LogP contribution in [-0.2, 0) is 4.74 Å². The lowest BCUT2D eigenvalue weighted by Crippen LogP contribution is -2.43. The molecule has 2 rings (SSSR count). The van der Waals surface area contributed by atoms with Crippen molar-refractivity contribution >= 4 is 23.5 Å². The Labute approximate surface area is 98.6 Å². The lowest BCUT2D eigenvalue weighted by atomic mass is 9.95. The van der Waals surface area contributed by atoms with Gasteiger partial charge in [-0.1, -0.05) is 0 Å². The summed E-state index contributed by atoms with van der Waals surface area (Å²) >= 11 is 5.70. The monoisotopic (exact) mass is 243 g/mol. The molecule has 0 radical (unpaired) electrons. The summed E-state index contributed by atoms with van der Waals surface area (Å²) in [5.41, 5.74) is 5.32. The summed E-state index contributed by atoms with van der Waals surface area (Å²) in [5.74, 6) is 0.508. The average Bonchev–Trinajstić information content (AvgIpc) is 2.15. The molecule has 7 heteroatoms. The number of nitrogens with zero attached hydrogens (tertiary/aromatic N) is 3. The Hall–Kier alpha value is -1.14. The van der Waals surface area contributed by atoms with Crippen molar-refractivity contribution in [2.75, 3.05) is 24.3 Å². The zero-order valence-corrected chi connectivity index (χ0v) is 9.79. The second kappa shape index (κ2) is 4.39. The molecule has 1 saturated heterocycles. The minimum absolute atomic E-state index is 0.0929. The van der Waals surface area contributed by atoms with Gasteiger partial charge in [0, 0.05) is 6.61 Å². The third kappa shape index (κ3) is 2.70. The molecule has 0 saturated carbocycles. The largest absolute Gasteiger partial charge is 0.379 e. The summed E-state index contributed by atoms with van der Waals surface area (Å²) < 4.78 is 5.42. The van der Waals surface area contributed by atoms with Crippen LogP contribution in [0.2, 0.25) is 5.28 Å². The smallest absolute Gasteiger partial charge is 0.229 e. The van der Waals surface area contributed by atoms with Gasteiger partial charge in [-0.05, 0) is 31.4 Å². The maximum atomic E-state index is 5.70. The van der Waals surface area contributed by atoms with E-state index < -0.39 is 0 Å². The molecule has 1 fully saturated rings. The fourth-order valence-electron chi connectivity index (χ4n) is 1.72. The van der Waals surface area contributed by atoms with Crippen molar-refractivity contribution in [3.8, 4) is 0 Å². The molecule has 0 bridgehead atoms. The van der Waals surface area contributed by atoms with Gasteiger partial charge >= 0.3 is 0 Å². The van der Waals surface area contributed by atoms with E-state index in [1.54, 1.807) is 0 Å². The fraction of sp³-hybridized carbons (Fsp3) is 0.667. The summed E-state index contributed by atoms with van der Waals surface area (Å²) in [7, 11) is 0. The minimum atomic E-state index is -0.171. The lowest BCUT2D eigenvalue weighted by molar-refractivity contribution is 0.0537. The fourth-order valence-corrected chi connectivity index (χ4v) is 1.89. The van der Waals surface area contributed by atoms with Crippen LogP contribution in [0.1, 0.15) is 19.8 Å². The zero-order chi connectivity index (χ0) is 11.6. The molecule has 1 atom stereocenters. The molecule has 1 unspecified atom stereocenters. The standard InChI is InChI=1S/C9H14ClN5O/c1-9(3-2-4-16-5-9)15-8-13-6(10)12-7(11)14-8/h2-5H2,1H3,(H3,11,12,13,14,15). The molecule has 0 spiro atoms. The topological polar surface area (TPSA) is 86.0 Å². The van der Waals surface area contributed by atoms with Crippen LogP contribution in [0.3, 0.4) is 0 Å². The summed E-state index contributed by atoms with van der Waals surface area (Å²) in [5, 5.41) is 3.28. The number of aromatic nitrogens is 3. The number of nitrogens with one attached hydrogen (secondary N) is 1. The molecule has 16 heavy (non-hydrogen) atoms. The van der Waals surface area contributed by atoms with Crippen LogP contribution in [-0.4, -0.2) is 33.7 Å². The number of halogens is 1. The lowest BCUT2D eigenvalue weighted by Gasteiger charge is -2.34. The van der Waals surface area contributed by atoms with Crippen molar-refractivity contribution in [1.29, 1.82) is 0 Å². The van der Waals surface area contributed by atoms with Gasteiger partial charge in [-0.2, -0.15) is 15.0 Å². The average molecular weight is 244 g/mol. The Morgan fingerprint density at radius 2 is 2.25 bits per heavy atom. The molecule has 1 aliphatic heterocycles. The SMILES string of the molecule is CC1(Nc2nc(N)nc(Cl)n2)CCCOC1. The Morgan fingerprint density at radius 3 is 2.88 bits per heavy atom. The van der Waals surface area contributed by atoms with E-state index in [-0.39, 0.29) is 16.8 Å². The molecular weight excluding hydrogens is 230 g/mol. The van der Waals surface area contributed by atoms with E-state index in [1.807, 2.05) is 0 Å². The van der Waals surface area contributed by atoms with Crippen molar-refractivity contribution in [3.63, 3.8) is 0 Å². The van der Waals surface area contributed by atoms with Gasteiger partial charge in [-0.3, -0.25) is 0 Å². The summed E-state index contributed by atoms with van der Waals surface area (Å²) in [6.45, 7) is 3.48. The van der Waals surface area contributed by atoms with Crippen LogP contribution in [0.5, 0.6) is 0 Å². The van der Waals surface area contributed by atoms with Crippen LogP contribution < -0.4 is 11.1 Å². The number of ether oxygens (including phenoxy) is 1. The quantitative estimate of drug-likeness (QED) is 0.809. The van der Waals surface area contributed by atoms with E-state index >= 15 is 0 Å². The van der Waals surface area contributed by atoms with Gasteiger partial charge in [-0.25, -0.2) is 0 Å². The maximum Gasteiger partial charge on any atom is 0.229 e. The number of anilines is 2. The first-order valence-electron chi connectivity index (χ1n) is 5.10. The molecule has 0 aromatic carbocycles. The van der Waals surface area contributed by atoms with E-state index in [1.165, 1.54) is 0 Å². The van der Waals surface area contributed by atoms with Crippen LogP contribution >= 0.6 is 11.6 Å². The predicted molar refractivity (Wildman–Crippen MR) is 61.3 cm³/mol. The minimum Gasteiger partial charge on any atom is -0.379 e. The number of nitrogen functional groups attached to an aromatic ring is 1. The number of nitrogens with two attached hydrogens (primary N) is 1. The highest BCUT2D eigenvalue weighted by molar-refractivity contribution is 6.28. The van der Waals surface area contributed by atoms with E-state index in [2.05, 4.69) is 27.2 Å². The van der Waals surface area contributed by atoms with Crippen LogP contribution in [0.4, 0.5) is 11.9 Å². The van der Waals surface area contributed by atoms with Crippen molar-refractivity contribution in [3.05, 3.63) is 5.28 Å². The van der Waals surface area contributed by atoms with E-state index in [0.717, 1.165) is 19.4 Å². The highest BCUT2D eigenvalue weighted by Crippen LogP contribution is 2.22. The number of rotatable bonds is 2. The molecule has 0 amide bonds. The first kappa shape index (κ1) is 11.3. The molecule has 0 aliphatic carbocycles. The third-order valence-electron chi connectivity index (χ3n) is 2.48. The van der Waals surface area contributed by atoms with Crippen molar-refractivity contribution < 1.29 is 4.74 Å². The predicted octanol–water partition coefficient (Wildman–Crippen LogP) is 1.09. The Bertz CT molecular complexity index is 360. The van der Waals surface area contributed by atoms with Gasteiger partial charge in [0.05, 0.1) is 12.1 Å². The van der Waals surface area contributed by atoms with Gasteiger partial charge in [0.2, 0.25) is 17.2 Å². The summed E-state index contributed by atoms with van der Waals surface area (Å²) in [6.07, 6.45) is 2.01. The maximum absolute atomic E-state index is 5.70. The molecule has 6 nitrogen and oxygen atoms in total. The molecule has 3 N–H and O–H groups in total. The summed E-state index contributed by atoms with van der Waals surface area (Å²) in [4.78, 5) is 11.6. The van der Waals surface area contributed by atoms with Gasteiger partial charge in [-0.15, -0.1) is 0 Å². The van der Waals surface area contributed by atoms with Gasteiger partial charge < -0.3 is 15.8 Å². The number of hydrogen-bond acceptors (Lipinski definition) is 6. The molecule has 88 valence electrons. The highest BCUT2D eigenvalue weighted by atomic mass is 35.5. The number of hydrogen-bond donors (Lipinski definition) is 2. The Morgan fingerprint density at radius 1 is 1.44 bits per heavy atom. The molecule has 2 heterocycles. The van der Waals surface area contributed by atoms with Gasteiger partial charge in [0.1, 0.15) is 0 Å². The second-order valence-electron chi connectivity index (χ2n) is 4.13. The Balaban J connectivity index is 2.13. The first-order valence-corrected chi connectivity index (χ1v) is 5.48. The first-order chi connectivity index (χ1) is 7.57. The van der Waals surface area contributed by atoms with Crippen molar-refractivity contribution in [2.45, 2.75) is 25.3 Å². The van der Waals surface area contributed by atoms with E-state index in [9.17, 15) is 0 Å². The molecule has 1 aromatic heterocycles. The van der Waals surface area contributed by atoms with Crippen LogP contribution in [0.25, 0.3) is 0 Å². The van der Waals surface area contributed by atoms with E-state index in [0.29, 0.717) is 12.6 Å². The molecule has 1 aromatic rings. The zero-order valence-electron chi connectivity index (χ0n) is 9.03. The highest BCUT2D eigenvalue weighted by Gasteiger charge is 2.28. The second-order valence-corrected chi connectivity index (χ2v) is 4.47. The van der Waals surface area contributed by atoms with Gasteiger partial charge in [0.15, 0.2) is 0 Å². The summed E-state index contributed by atoms with van der Waals surface area (Å²) in [6, 6.07) is 0. The van der Waals surface area contributed by atoms with Crippen LogP contribution in [0.15, 0.2) is 0 Å². The third-order valence-corrected chi connectivity index (χ3v) is 2.65. The van der Waals surface area contributed by atoms with Gasteiger partial charge in [0.25, 0.3) is 0 Å². The Kier molecular flexibility index (Phi) is 3.11. The van der Waals surface area contributed by atoms with Crippen molar-refractivity contribution in [2.24, 2.45) is 0 Å². The van der Waals surface area contributed by atoms with Crippen LogP contribution in [0, 0.1) is 0 Å². The van der Waals surface area contributed by atoms with Crippen molar-refractivity contribution in [1.82, 2.24) is 15.0 Å². The molecular formula is C9H14ClN5O. The molecule has 1 aliphatic rings. The normalized spacial score (nSPS) is 25.4.